The van der Waals surface area contributed by atoms with Crippen molar-refractivity contribution in [3.63, 3.8) is 0 Å². The predicted octanol–water partition coefficient (Wildman–Crippen LogP) is 0.256. The molecule has 1 aliphatic rings. The van der Waals surface area contributed by atoms with Crippen LogP contribution in [0.15, 0.2) is 0 Å². The summed E-state index contributed by atoms with van der Waals surface area (Å²) < 4.78 is 5.16. The molecule has 0 aliphatic carbocycles. The van der Waals surface area contributed by atoms with Gasteiger partial charge in [-0.15, -0.1) is 0 Å². The highest BCUT2D eigenvalue weighted by molar-refractivity contribution is 4.63. The van der Waals surface area contributed by atoms with E-state index in [-0.39, 0.29) is 6.10 Å². The topological polar surface area (TPSA) is 49.7 Å². The van der Waals surface area contributed by atoms with Gasteiger partial charge in [-0.25, -0.2) is 0 Å². The Morgan fingerprint density at radius 2 is 2.00 bits per heavy atom. The van der Waals surface area contributed by atoms with Gasteiger partial charge in [-0.1, -0.05) is 12.8 Å². The van der Waals surface area contributed by atoms with Crippen LogP contribution < -0.4 is 0 Å². The molecule has 10 heavy (non-hydrogen) atoms. The maximum Gasteiger partial charge on any atom is 0.178 e. The first-order chi connectivity index (χ1) is 4.80. The fraction of sp³-hybridized carbons (Fsp3) is 1.00. The molecule has 1 rings (SSSR count). The fourth-order valence-corrected chi connectivity index (χ4v) is 1.18. The third-order valence-corrected chi connectivity index (χ3v) is 1.80. The summed E-state index contributed by atoms with van der Waals surface area (Å²) in [5.41, 5.74) is 0. The maximum atomic E-state index is 8.73. The molecule has 1 fully saturated rings. The van der Waals surface area contributed by atoms with Crippen molar-refractivity contribution >= 4 is 0 Å². The molecule has 0 saturated carbocycles. The third-order valence-electron chi connectivity index (χ3n) is 1.80. The zero-order valence-corrected chi connectivity index (χ0v) is 5.99. The first-order valence-electron chi connectivity index (χ1n) is 3.78. The number of ether oxygens (including phenoxy) is 1. The molecule has 3 heteroatoms. The first kappa shape index (κ1) is 7.98. The van der Waals surface area contributed by atoms with Gasteiger partial charge in [-0.2, -0.15) is 0 Å². The molecule has 0 spiro atoms. The highest BCUT2D eigenvalue weighted by Crippen LogP contribution is 2.14. The van der Waals surface area contributed by atoms with E-state index >= 15 is 0 Å². The molecule has 1 atom stereocenters. The van der Waals surface area contributed by atoms with Crippen molar-refractivity contribution in [2.24, 2.45) is 0 Å². The third kappa shape index (κ3) is 2.25. The lowest BCUT2D eigenvalue weighted by Gasteiger charge is -2.15. The van der Waals surface area contributed by atoms with E-state index in [1.807, 2.05) is 0 Å². The zero-order chi connectivity index (χ0) is 7.40. The normalized spacial score (nSPS) is 28.5. The Bertz CT molecular complexity index is 84.9. The molecule has 3 nitrogen and oxygen atoms in total. The number of aliphatic hydroxyl groups excluding tert-OH is 1. The first-order valence-corrected chi connectivity index (χ1v) is 3.78. The average molecular weight is 146 g/mol. The lowest BCUT2D eigenvalue weighted by atomic mass is 10.1. The summed E-state index contributed by atoms with van der Waals surface area (Å²) in [7, 11) is 0. The lowest BCUT2D eigenvalue weighted by Crippen LogP contribution is -2.27. The monoisotopic (exact) mass is 146 g/mol. The van der Waals surface area contributed by atoms with Crippen molar-refractivity contribution in [2.45, 2.75) is 38.1 Å². The Labute approximate surface area is 60.6 Å². The summed E-state index contributed by atoms with van der Waals surface area (Å²) >= 11 is 0. The quantitative estimate of drug-likeness (QED) is 0.521. The maximum absolute atomic E-state index is 8.73. The highest BCUT2D eigenvalue weighted by atomic mass is 16.6. The van der Waals surface area contributed by atoms with Gasteiger partial charge < -0.3 is 14.9 Å². The SMILES string of the molecule is OC(O)C1CCCCCO1. The van der Waals surface area contributed by atoms with E-state index in [0.29, 0.717) is 6.61 Å². The van der Waals surface area contributed by atoms with E-state index in [2.05, 4.69) is 0 Å². The van der Waals surface area contributed by atoms with Crippen molar-refractivity contribution in [3.8, 4) is 0 Å². The molecule has 2 N–H and O–H groups in total. The second-order valence-corrected chi connectivity index (χ2v) is 2.67. The molecule has 0 bridgehead atoms. The van der Waals surface area contributed by atoms with E-state index in [9.17, 15) is 0 Å². The van der Waals surface area contributed by atoms with E-state index < -0.39 is 6.29 Å². The number of aliphatic hydroxyl groups is 2. The second-order valence-electron chi connectivity index (χ2n) is 2.67. The van der Waals surface area contributed by atoms with Crippen molar-refractivity contribution in [1.29, 1.82) is 0 Å². The van der Waals surface area contributed by atoms with Gasteiger partial charge in [0.2, 0.25) is 0 Å². The molecule has 0 aromatic rings. The molecule has 1 heterocycles. The van der Waals surface area contributed by atoms with E-state index in [1.165, 1.54) is 0 Å². The van der Waals surface area contributed by atoms with Gasteiger partial charge in [-0.3, -0.25) is 0 Å². The summed E-state index contributed by atoms with van der Waals surface area (Å²) in [6, 6.07) is 0. The van der Waals surface area contributed by atoms with Crippen LogP contribution in [0.4, 0.5) is 0 Å². The summed E-state index contributed by atoms with van der Waals surface area (Å²) in [5, 5.41) is 17.5. The van der Waals surface area contributed by atoms with Gasteiger partial charge in [-0.05, 0) is 12.8 Å². The van der Waals surface area contributed by atoms with Gasteiger partial charge in [0.25, 0.3) is 0 Å². The van der Waals surface area contributed by atoms with Gasteiger partial charge in [0.05, 0.1) is 0 Å². The molecule has 1 aliphatic heterocycles. The fourth-order valence-electron chi connectivity index (χ4n) is 1.18. The van der Waals surface area contributed by atoms with Crippen LogP contribution >= 0.6 is 0 Å². The van der Waals surface area contributed by atoms with Crippen LogP contribution in [0.1, 0.15) is 25.7 Å². The summed E-state index contributed by atoms with van der Waals surface area (Å²) in [4.78, 5) is 0. The van der Waals surface area contributed by atoms with Crippen molar-refractivity contribution in [2.75, 3.05) is 6.61 Å². The summed E-state index contributed by atoms with van der Waals surface area (Å²) in [5.74, 6) is 0. The van der Waals surface area contributed by atoms with Crippen LogP contribution in [0, 0.1) is 0 Å². The molecular formula is C7H14O3. The van der Waals surface area contributed by atoms with Crippen molar-refractivity contribution < 1.29 is 14.9 Å². The van der Waals surface area contributed by atoms with Crippen LogP contribution in [0.25, 0.3) is 0 Å². The van der Waals surface area contributed by atoms with E-state index in [4.69, 9.17) is 14.9 Å². The van der Waals surface area contributed by atoms with Crippen molar-refractivity contribution in [3.05, 3.63) is 0 Å². The van der Waals surface area contributed by atoms with Crippen LogP contribution in [0.2, 0.25) is 0 Å². The van der Waals surface area contributed by atoms with E-state index in [0.717, 1.165) is 25.7 Å². The largest absolute Gasteiger partial charge is 0.373 e. The minimum absolute atomic E-state index is 0.345. The Hall–Kier alpha value is -0.120. The standard InChI is InChI=1S/C7H14O3/c8-7(9)6-4-2-1-3-5-10-6/h6-9H,1-5H2. The summed E-state index contributed by atoms with van der Waals surface area (Å²) in [6.07, 6.45) is 2.37. The Kier molecular flexibility index (Phi) is 3.12. The van der Waals surface area contributed by atoms with Crippen LogP contribution in [-0.2, 0) is 4.74 Å². The predicted molar refractivity (Wildman–Crippen MR) is 36.4 cm³/mol. The van der Waals surface area contributed by atoms with Gasteiger partial charge >= 0.3 is 0 Å². The summed E-state index contributed by atoms with van der Waals surface area (Å²) in [6.45, 7) is 0.669. The van der Waals surface area contributed by atoms with Crippen LogP contribution in [-0.4, -0.2) is 29.2 Å². The Morgan fingerprint density at radius 3 is 2.70 bits per heavy atom. The zero-order valence-electron chi connectivity index (χ0n) is 5.99. The van der Waals surface area contributed by atoms with Gasteiger partial charge in [0.1, 0.15) is 6.10 Å². The van der Waals surface area contributed by atoms with Gasteiger partial charge in [0, 0.05) is 6.61 Å². The number of rotatable bonds is 1. The molecule has 0 aromatic heterocycles. The Morgan fingerprint density at radius 1 is 1.20 bits per heavy atom. The number of hydrogen-bond donors (Lipinski definition) is 2. The molecule has 60 valence electrons. The minimum Gasteiger partial charge on any atom is -0.373 e. The minimum atomic E-state index is -1.29. The second kappa shape index (κ2) is 3.91. The molecule has 0 radical (unpaired) electrons. The molecule has 1 unspecified atom stereocenters. The van der Waals surface area contributed by atoms with Crippen LogP contribution in [0.3, 0.4) is 0 Å². The number of hydrogen-bond acceptors (Lipinski definition) is 3. The molecule has 1 saturated heterocycles. The van der Waals surface area contributed by atoms with E-state index in [1.54, 1.807) is 0 Å². The average Bonchev–Trinajstić information content (AvgIpc) is 2.12. The van der Waals surface area contributed by atoms with Crippen LogP contribution in [0.5, 0.6) is 0 Å². The smallest absolute Gasteiger partial charge is 0.178 e. The molecule has 0 aromatic carbocycles. The highest BCUT2D eigenvalue weighted by Gasteiger charge is 2.18. The van der Waals surface area contributed by atoms with Crippen molar-refractivity contribution in [1.82, 2.24) is 0 Å². The lowest BCUT2D eigenvalue weighted by molar-refractivity contribution is -0.144. The molecular weight excluding hydrogens is 132 g/mol. The van der Waals surface area contributed by atoms with Gasteiger partial charge in [0.15, 0.2) is 6.29 Å². The Balaban J connectivity index is 2.28. The molecule has 0 amide bonds.